The molecule has 3 aromatic carbocycles. The minimum absolute atomic E-state index is 0.00590. The Hall–Kier alpha value is -9.24. The van der Waals surface area contributed by atoms with Gasteiger partial charge in [-0.15, -0.1) is 0 Å². The minimum atomic E-state index is -1.69. The maximum Gasteiger partial charge on any atom is 0.407 e. The average molecular weight is 1550 g/mol. The first-order valence-corrected chi connectivity index (χ1v) is 38.9. The van der Waals surface area contributed by atoms with Crippen molar-refractivity contribution >= 4 is 71.1 Å². The fourth-order valence-corrected chi connectivity index (χ4v) is 14.0. The van der Waals surface area contributed by atoms with Gasteiger partial charge in [0.2, 0.25) is 59.1 Å². The number of carbonyl (C=O) groups excluding carboxylic acids is 12. The summed E-state index contributed by atoms with van der Waals surface area (Å²) in [6.45, 7) is 28.3. The van der Waals surface area contributed by atoms with Crippen LogP contribution in [-0.2, 0) is 68.8 Å². The quantitative estimate of drug-likeness (QED) is 0.0236. The molecule has 0 radical (unpaired) electrons. The normalized spacial score (nSPS) is 15.4. The maximum absolute atomic E-state index is 15.4. The topological polar surface area (TPSA) is 335 Å². The maximum atomic E-state index is 15.4. The van der Waals surface area contributed by atoms with E-state index in [1.54, 1.807) is 72.8 Å². The summed E-state index contributed by atoms with van der Waals surface area (Å²) in [4.78, 5) is 182. The van der Waals surface area contributed by atoms with Crippen LogP contribution in [0.5, 0.6) is 0 Å². The van der Waals surface area contributed by atoms with Gasteiger partial charge >= 0.3 is 12.1 Å². The molecule has 0 heterocycles. The molecule has 0 aliphatic heterocycles. The van der Waals surface area contributed by atoms with Crippen LogP contribution < -0.4 is 21.3 Å². The molecule has 4 rings (SSSR count). The molecule has 0 unspecified atom stereocenters. The van der Waals surface area contributed by atoms with Crippen molar-refractivity contribution < 1.29 is 77.2 Å². The average Bonchev–Trinajstić information content (AvgIpc) is 1.65. The van der Waals surface area contributed by atoms with Gasteiger partial charge in [-0.1, -0.05) is 174 Å². The third-order valence-electron chi connectivity index (χ3n) is 20.6. The molecular weight excluding hydrogens is 1420 g/mol. The smallest absolute Gasteiger partial charge is 0.407 e. The van der Waals surface area contributed by atoms with Crippen molar-refractivity contribution in [1.82, 2.24) is 55.6 Å². The van der Waals surface area contributed by atoms with Gasteiger partial charge < -0.3 is 75.3 Å². The number of hydrogen-bond donors (Lipinski definition) is 6. The molecular formula is C84H129N11O16. The van der Waals surface area contributed by atoms with Gasteiger partial charge in [-0.2, -0.15) is 0 Å². The van der Waals surface area contributed by atoms with E-state index in [0.717, 1.165) is 42.5 Å². The molecule has 616 valence electrons. The van der Waals surface area contributed by atoms with E-state index >= 15 is 19.2 Å². The fraction of sp³-hybridized carbons (Fsp3) is 0.619. The number of nitrogens with one attached hydrogen (secondary N) is 4. The summed E-state index contributed by atoms with van der Waals surface area (Å²) in [6, 6.07) is 12.0. The van der Waals surface area contributed by atoms with E-state index in [0.29, 0.717) is 0 Å². The van der Waals surface area contributed by atoms with Crippen molar-refractivity contribution in [2.24, 2.45) is 35.5 Å². The molecule has 0 bridgehead atoms. The number of aliphatic hydroxyl groups excluding tert-OH is 1. The summed E-state index contributed by atoms with van der Waals surface area (Å²) in [6.07, 6.45) is 1.46. The van der Waals surface area contributed by atoms with Gasteiger partial charge in [0.15, 0.2) is 0 Å². The van der Waals surface area contributed by atoms with Gasteiger partial charge in [0.05, 0.1) is 18.2 Å². The third-order valence-corrected chi connectivity index (χ3v) is 20.6. The fourth-order valence-electron chi connectivity index (χ4n) is 14.0. The second-order valence-corrected chi connectivity index (χ2v) is 32.5. The first-order valence-electron chi connectivity index (χ1n) is 38.9. The van der Waals surface area contributed by atoms with Crippen molar-refractivity contribution in [3.8, 4) is 11.1 Å². The lowest BCUT2D eigenvalue weighted by Gasteiger charge is -2.42. The van der Waals surface area contributed by atoms with E-state index in [4.69, 9.17) is 9.47 Å². The number of benzene rings is 3. The van der Waals surface area contributed by atoms with Crippen LogP contribution in [0.15, 0.2) is 91.0 Å². The number of hydrogen-bond acceptors (Lipinski definition) is 16. The number of fused-ring (bicyclic) bond motifs is 3. The molecule has 11 amide bonds. The summed E-state index contributed by atoms with van der Waals surface area (Å²) in [5, 5.41) is 34.5. The van der Waals surface area contributed by atoms with Crippen LogP contribution in [0.1, 0.15) is 179 Å². The highest BCUT2D eigenvalue weighted by Crippen LogP contribution is 2.44. The molecule has 1 aliphatic carbocycles. The third kappa shape index (κ3) is 26.2. The van der Waals surface area contributed by atoms with Crippen molar-refractivity contribution in [3.05, 3.63) is 108 Å². The molecule has 111 heavy (non-hydrogen) atoms. The Morgan fingerprint density at radius 2 is 0.982 bits per heavy atom. The van der Waals surface area contributed by atoms with Crippen LogP contribution in [0.25, 0.3) is 11.1 Å². The number of nitrogens with zero attached hydrogens (tertiary/aromatic N) is 7. The van der Waals surface area contributed by atoms with E-state index in [1.165, 1.54) is 96.6 Å². The molecule has 0 saturated heterocycles. The molecule has 0 aromatic heterocycles. The van der Waals surface area contributed by atoms with Gasteiger partial charge in [0.25, 0.3) is 0 Å². The predicted octanol–water partition coefficient (Wildman–Crippen LogP) is 7.54. The Labute approximate surface area is 658 Å². The van der Waals surface area contributed by atoms with Crippen molar-refractivity contribution in [3.63, 3.8) is 0 Å². The lowest BCUT2D eigenvalue weighted by molar-refractivity contribution is -0.158. The van der Waals surface area contributed by atoms with Gasteiger partial charge in [0.1, 0.15) is 73.6 Å². The Kier molecular flexibility index (Phi) is 36.4. The number of ether oxygens (including phenoxy) is 2. The first kappa shape index (κ1) is 94.1. The molecule has 27 nitrogen and oxygen atoms in total. The van der Waals surface area contributed by atoms with Gasteiger partial charge in [0, 0.05) is 61.7 Å². The highest BCUT2D eigenvalue weighted by Gasteiger charge is 2.46. The number of rotatable bonds is 41. The van der Waals surface area contributed by atoms with E-state index in [2.05, 4.69) is 21.3 Å². The number of allylic oxidation sites excluding steroid dienone is 2. The van der Waals surface area contributed by atoms with Crippen LogP contribution in [0.2, 0.25) is 0 Å². The second kappa shape index (κ2) is 43.0. The van der Waals surface area contributed by atoms with Crippen LogP contribution in [0.4, 0.5) is 4.79 Å². The summed E-state index contributed by atoms with van der Waals surface area (Å²) in [5.74, 6) is -10.3. The number of likely N-dealkylation sites (N-methyl/N-ethyl adjacent to an activating group) is 7. The lowest BCUT2D eigenvalue weighted by atomic mass is 9.91. The van der Waals surface area contributed by atoms with E-state index < -0.39 is 168 Å². The highest BCUT2D eigenvalue weighted by atomic mass is 16.5. The number of aliphatic hydroxyl groups is 2. The van der Waals surface area contributed by atoms with Gasteiger partial charge in [-0.25, -0.2) is 9.59 Å². The Morgan fingerprint density at radius 3 is 1.49 bits per heavy atom. The molecule has 0 saturated carbocycles. The number of alkyl carbamates (subject to hydrolysis) is 1. The Balaban J connectivity index is 1.55. The van der Waals surface area contributed by atoms with Crippen molar-refractivity contribution in [1.29, 1.82) is 0 Å². The minimum Gasteiger partial charge on any atom is -0.459 e. The van der Waals surface area contributed by atoms with E-state index in [-0.39, 0.29) is 75.4 Å². The zero-order valence-corrected chi connectivity index (χ0v) is 70.2. The summed E-state index contributed by atoms with van der Waals surface area (Å²) >= 11 is 0. The largest absolute Gasteiger partial charge is 0.459 e. The zero-order chi connectivity index (χ0) is 84.0. The zero-order valence-electron chi connectivity index (χ0n) is 70.2. The molecule has 0 fully saturated rings. The molecule has 1 aliphatic rings. The Morgan fingerprint density at radius 1 is 0.505 bits per heavy atom. The molecule has 0 spiro atoms. The van der Waals surface area contributed by atoms with Crippen molar-refractivity contribution in [2.75, 3.05) is 62.5 Å². The number of carbonyl (C=O) groups is 12. The monoisotopic (exact) mass is 1550 g/mol. The van der Waals surface area contributed by atoms with Crippen molar-refractivity contribution in [2.45, 2.75) is 241 Å². The number of amides is 11. The summed E-state index contributed by atoms with van der Waals surface area (Å²) in [7, 11) is 9.70. The predicted molar refractivity (Wildman–Crippen MR) is 426 cm³/mol. The second-order valence-electron chi connectivity index (χ2n) is 32.5. The van der Waals surface area contributed by atoms with Gasteiger partial charge in [-0.05, 0) is 130 Å². The summed E-state index contributed by atoms with van der Waals surface area (Å²) < 4.78 is 11.2. The van der Waals surface area contributed by atoms with Crippen LogP contribution >= 0.6 is 0 Å². The highest BCUT2D eigenvalue weighted by molar-refractivity contribution is 5.99. The molecule has 3 aromatic rings. The van der Waals surface area contributed by atoms with Crippen LogP contribution in [0.3, 0.4) is 0 Å². The number of esters is 1. The standard InChI is InChI=1S/C84H129N11O16/c1-25-27-35-54(13)72(97)71(75(100)87-63(26-2)77(102)89(18)46-68(96)90(19)64(42-49(3)4)74(99)88-69(52(9)10)80(105)91(20)65(43-50(5)6)73(98)85-56(15)82(107)110-47-57-36-29-28-30-37-57)95(24)81(106)70(53(11)12)94(23)78(103)66(44-51(7)8)92(21)79(104)67(45-84(16,17)109)93(22)76(101)55(14)86-83(108)111-48-62-60-40-33-31-38-58(60)59-39-32-34-41-61(59)62/h25,27-34,36-41,49-56,62-67,69-72,97,109H,26,35,42-48H2,1-24H3,(H,85,98)(H,86,108)(H,87,100)(H,88,99)/b27-25+/t54-,55-,56+,63+,64+,65+,66+,67+,69+,70+,71+,72-/m1/s1. The van der Waals surface area contributed by atoms with Gasteiger partial charge in [-0.3, -0.25) is 47.9 Å². The lowest BCUT2D eigenvalue weighted by Crippen LogP contribution is -2.63. The first-order chi connectivity index (χ1) is 51.8. The molecule has 6 N–H and O–H groups in total. The van der Waals surface area contributed by atoms with Crippen LogP contribution in [-0.4, -0.2) is 250 Å². The summed E-state index contributed by atoms with van der Waals surface area (Å²) in [5.41, 5.74) is 3.28. The molecule has 12 atom stereocenters. The molecule has 27 heteroatoms. The SMILES string of the molecule is C/C=C/C[C@@H](C)[C@@H](O)[C@@H](C(=O)N[C@@H](CC)C(=O)N(C)CC(=O)N(C)[C@@H](CC(C)C)C(=O)N[C@H](C(=O)N(C)[C@@H](CC(C)C)C(=O)N[C@@H](C)C(=O)OCc1ccccc1)C(C)C)N(C)C(=O)[C@H](C(C)C)N(C)C(=O)[C@H](CC(C)C)N(C)C(=O)[C@H](CC(C)(C)O)N(C)C(=O)[C@@H](C)NC(=O)OCC1c2ccccc2-c2ccccc21. The van der Waals surface area contributed by atoms with Crippen LogP contribution in [0, 0.1) is 35.5 Å². The van der Waals surface area contributed by atoms with E-state index in [9.17, 15) is 48.6 Å². The van der Waals surface area contributed by atoms with E-state index in [1.807, 2.05) is 108 Å². The Bertz CT molecular complexity index is 3640.